The number of carbonyl (C=O) groups excluding carboxylic acids is 1. The SMILES string of the molecule is CCCCCCCCC=CCCCCCCCCCCCC(=O)OP(=O)(O)O. The summed E-state index contributed by atoms with van der Waals surface area (Å²) in [7, 11) is -4.67. The number of phosphoric ester groups is 1. The molecule has 0 bridgehead atoms. The third-order valence-electron chi connectivity index (χ3n) is 4.86. The van der Waals surface area contributed by atoms with Gasteiger partial charge < -0.3 is 4.52 Å². The van der Waals surface area contributed by atoms with E-state index in [9.17, 15) is 9.36 Å². The minimum atomic E-state index is -4.67. The Morgan fingerprint density at radius 1 is 0.714 bits per heavy atom. The number of hydrogen-bond acceptors (Lipinski definition) is 3. The zero-order valence-corrected chi connectivity index (χ0v) is 18.8. The Balaban J connectivity index is 3.20. The maximum Gasteiger partial charge on any atom is 0.526 e. The quantitative estimate of drug-likeness (QED) is 0.124. The van der Waals surface area contributed by atoms with Gasteiger partial charge in [-0.1, -0.05) is 96.1 Å². The van der Waals surface area contributed by atoms with Crippen LogP contribution in [0.15, 0.2) is 12.2 Å². The van der Waals surface area contributed by atoms with E-state index >= 15 is 0 Å². The van der Waals surface area contributed by atoms with Crippen molar-refractivity contribution in [3.05, 3.63) is 12.2 Å². The number of phosphoric acid groups is 1. The molecule has 2 N–H and O–H groups in total. The van der Waals surface area contributed by atoms with Crippen LogP contribution in [0.25, 0.3) is 0 Å². The molecule has 0 amide bonds. The lowest BCUT2D eigenvalue weighted by Crippen LogP contribution is -2.01. The van der Waals surface area contributed by atoms with Crippen LogP contribution in [0.2, 0.25) is 0 Å². The lowest BCUT2D eigenvalue weighted by molar-refractivity contribution is -0.135. The molecule has 0 heterocycles. The molecule has 0 aliphatic carbocycles. The Bertz CT molecular complexity index is 431. The summed E-state index contributed by atoms with van der Waals surface area (Å²) < 4.78 is 14.5. The molecule has 0 unspecified atom stereocenters. The van der Waals surface area contributed by atoms with Crippen molar-refractivity contribution in [1.29, 1.82) is 0 Å². The van der Waals surface area contributed by atoms with E-state index in [-0.39, 0.29) is 6.42 Å². The number of allylic oxidation sites excluding steroid dienone is 2. The van der Waals surface area contributed by atoms with Crippen LogP contribution in [0.1, 0.15) is 122 Å². The molecule has 0 fully saturated rings. The van der Waals surface area contributed by atoms with E-state index < -0.39 is 13.8 Å². The first-order chi connectivity index (χ1) is 13.5. The minimum absolute atomic E-state index is 0.0808. The minimum Gasteiger partial charge on any atom is -0.371 e. The molecule has 166 valence electrons. The second kappa shape index (κ2) is 19.7. The summed E-state index contributed by atoms with van der Waals surface area (Å²) in [4.78, 5) is 28.1. The van der Waals surface area contributed by atoms with Gasteiger partial charge in [0.25, 0.3) is 0 Å². The zero-order valence-electron chi connectivity index (χ0n) is 17.9. The van der Waals surface area contributed by atoms with Crippen LogP contribution in [0.3, 0.4) is 0 Å². The standard InChI is InChI=1S/C22H43O5P/c1-2-3-4-5-6-7-8-9-10-11-12-13-14-15-16-17-18-19-20-21-22(23)27-28(24,25)26/h9-10H,2-8,11-21H2,1H3,(H2,24,25,26). The second-order valence-electron chi connectivity index (χ2n) is 7.70. The van der Waals surface area contributed by atoms with Crippen LogP contribution in [0.5, 0.6) is 0 Å². The van der Waals surface area contributed by atoms with Crippen LogP contribution in [0, 0.1) is 0 Å². The first kappa shape index (κ1) is 27.4. The molecule has 0 aliphatic heterocycles. The smallest absolute Gasteiger partial charge is 0.371 e. The highest BCUT2D eigenvalue weighted by atomic mass is 31.2. The van der Waals surface area contributed by atoms with Crippen LogP contribution >= 0.6 is 7.82 Å². The Morgan fingerprint density at radius 3 is 1.54 bits per heavy atom. The first-order valence-corrected chi connectivity index (χ1v) is 12.9. The van der Waals surface area contributed by atoms with Gasteiger partial charge in [0.2, 0.25) is 0 Å². The lowest BCUT2D eigenvalue weighted by Gasteiger charge is -2.05. The predicted octanol–water partition coefficient (Wildman–Crippen LogP) is 7.22. The zero-order chi connectivity index (χ0) is 20.9. The molecular formula is C22H43O5P. The van der Waals surface area contributed by atoms with Gasteiger partial charge in [-0.05, 0) is 32.1 Å². The van der Waals surface area contributed by atoms with E-state index in [1.807, 2.05) is 0 Å². The summed E-state index contributed by atoms with van der Waals surface area (Å²) in [5.74, 6) is -0.811. The normalized spacial score (nSPS) is 12.0. The third-order valence-corrected chi connectivity index (χ3v) is 5.30. The van der Waals surface area contributed by atoms with Gasteiger partial charge in [-0.2, -0.15) is 0 Å². The van der Waals surface area contributed by atoms with Crippen LogP contribution in [0.4, 0.5) is 0 Å². The van der Waals surface area contributed by atoms with Gasteiger partial charge in [0.05, 0.1) is 0 Å². The fourth-order valence-electron chi connectivity index (χ4n) is 3.23. The molecule has 0 rings (SSSR count). The van der Waals surface area contributed by atoms with E-state index in [4.69, 9.17) is 9.79 Å². The highest BCUT2D eigenvalue weighted by Crippen LogP contribution is 2.36. The molecular weight excluding hydrogens is 375 g/mol. The first-order valence-electron chi connectivity index (χ1n) is 11.4. The van der Waals surface area contributed by atoms with Gasteiger partial charge in [0, 0.05) is 6.42 Å². The van der Waals surface area contributed by atoms with Crippen LogP contribution < -0.4 is 0 Å². The molecule has 0 saturated heterocycles. The second-order valence-corrected chi connectivity index (χ2v) is 8.87. The summed E-state index contributed by atoms with van der Waals surface area (Å²) in [5, 5.41) is 0. The van der Waals surface area contributed by atoms with E-state index in [0.717, 1.165) is 19.3 Å². The third kappa shape index (κ3) is 23.4. The van der Waals surface area contributed by atoms with Crippen molar-refractivity contribution < 1.29 is 23.7 Å². The topological polar surface area (TPSA) is 83.8 Å². The van der Waals surface area contributed by atoms with Gasteiger partial charge in [-0.3, -0.25) is 14.6 Å². The van der Waals surface area contributed by atoms with Gasteiger partial charge in [0.15, 0.2) is 0 Å². The highest BCUT2D eigenvalue weighted by Gasteiger charge is 2.19. The number of hydrogen-bond donors (Lipinski definition) is 2. The van der Waals surface area contributed by atoms with Crippen molar-refractivity contribution in [2.45, 2.75) is 122 Å². The molecule has 0 aromatic carbocycles. The Morgan fingerprint density at radius 2 is 1.11 bits per heavy atom. The fourth-order valence-corrected chi connectivity index (χ4v) is 3.58. The molecule has 5 nitrogen and oxygen atoms in total. The van der Waals surface area contributed by atoms with Crippen molar-refractivity contribution in [3.63, 3.8) is 0 Å². The molecule has 0 atom stereocenters. The van der Waals surface area contributed by atoms with E-state index in [2.05, 4.69) is 23.6 Å². The Hall–Kier alpha value is -0.640. The van der Waals surface area contributed by atoms with E-state index in [0.29, 0.717) is 6.42 Å². The fraction of sp³-hybridized carbons (Fsp3) is 0.864. The van der Waals surface area contributed by atoms with Crippen molar-refractivity contribution >= 4 is 13.8 Å². The van der Waals surface area contributed by atoms with Crippen molar-refractivity contribution in [1.82, 2.24) is 0 Å². The van der Waals surface area contributed by atoms with E-state index in [1.54, 1.807) is 0 Å². The van der Waals surface area contributed by atoms with Crippen molar-refractivity contribution in [2.75, 3.05) is 0 Å². The monoisotopic (exact) mass is 418 g/mol. The van der Waals surface area contributed by atoms with Gasteiger partial charge in [-0.25, -0.2) is 4.57 Å². The predicted molar refractivity (Wildman–Crippen MR) is 116 cm³/mol. The van der Waals surface area contributed by atoms with Crippen LogP contribution in [-0.2, 0) is 13.9 Å². The summed E-state index contributed by atoms with van der Waals surface area (Å²) in [5.41, 5.74) is 0. The Kier molecular flexibility index (Phi) is 19.2. The summed E-state index contributed by atoms with van der Waals surface area (Å²) in [6.45, 7) is 2.26. The lowest BCUT2D eigenvalue weighted by atomic mass is 10.1. The highest BCUT2D eigenvalue weighted by molar-refractivity contribution is 7.46. The molecule has 0 aromatic rings. The summed E-state index contributed by atoms with van der Waals surface area (Å²) in [6.07, 6.45) is 25.6. The average Bonchev–Trinajstić information content (AvgIpc) is 2.62. The number of rotatable bonds is 20. The molecule has 0 aliphatic rings. The molecule has 0 saturated carbocycles. The maximum absolute atomic E-state index is 11.1. The largest absolute Gasteiger partial charge is 0.526 e. The number of carbonyl (C=O) groups is 1. The molecule has 28 heavy (non-hydrogen) atoms. The summed E-state index contributed by atoms with van der Waals surface area (Å²) >= 11 is 0. The molecule has 6 heteroatoms. The average molecular weight is 419 g/mol. The van der Waals surface area contributed by atoms with Gasteiger partial charge in [-0.15, -0.1) is 0 Å². The van der Waals surface area contributed by atoms with Crippen LogP contribution in [-0.4, -0.2) is 15.8 Å². The van der Waals surface area contributed by atoms with Gasteiger partial charge in [0.1, 0.15) is 0 Å². The molecule has 0 aromatic heterocycles. The molecule has 0 spiro atoms. The molecule has 0 radical (unpaired) electrons. The maximum atomic E-state index is 11.1. The summed E-state index contributed by atoms with van der Waals surface area (Å²) in [6, 6.07) is 0. The Labute approximate surface area is 172 Å². The van der Waals surface area contributed by atoms with Crippen molar-refractivity contribution in [2.24, 2.45) is 0 Å². The van der Waals surface area contributed by atoms with E-state index in [1.165, 1.54) is 83.5 Å². The van der Waals surface area contributed by atoms with Gasteiger partial charge >= 0.3 is 13.8 Å². The van der Waals surface area contributed by atoms with Crippen molar-refractivity contribution in [3.8, 4) is 0 Å². The number of unbranched alkanes of at least 4 members (excludes halogenated alkanes) is 15.